The largest absolute Gasteiger partial charge is 0.490 e. The van der Waals surface area contributed by atoms with E-state index in [-0.39, 0.29) is 12.0 Å². The summed E-state index contributed by atoms with van der Waals surface area (Å²) in [5.41, 5.74) is 0. The van der Waals surface area contributed by atoms with E-state index in [0.29, 0.717) is 50.8 Å². The van der Waals surface area contributed by atoms with Crippen molar-refractivity contribution in [1.82, 2.24) is 19.9 Å². The summed E-state index contributed by atoms with van der Waals surface area (Å²) < 4.78 is 12.0. The molecule has 0 radical (unpaired) electrons. The van der Waals surface area contributed by atoms with Crippen LogP contribution in [0, 0.1) is 5.92 Å². The number of piperidine rings is 2. The zero-order valence-corrected chi connectivity index (χ0v) is 21.5. The number of ether oxygens (including phenoxy) is 2. The van der Waals surface area contributed by atoms with Crippen molar-refractivity contribution >= 4 is 29.4 Å². The number of aromatic nitrogens is 4. The second-order valence-corrected chi connectivity index (χ2v) is 9.43. The molecule has 0 aliphatic carbocycles. The quantitative estimate of drug-likeness (QED) is 0.429. The summed E-state index contributed by atoms with van der Waals surface area (Å²) in [6.45, 7) is 5.40. The normalized spacial score (nSPS) is 18.2. The van der Waals surface area contributed by atoms with Crippen molar-refractivity contribution in [2.24, 2.45) is 5.92 Å². The standard InChI is InChI=1S/C27H33N7O4/c1-2-37-21-7-3-4-8-22(21)38-20-6-5-13-34(18-20)25-17-28-16-23(30-25)31-27-29-12-9-24(32-27)33-14-10-19(11-15-33)26(35)36/h3-4,7-9,12,16-17,19-20H,2,5-6,10-11,13-15,18H2,1H3,(H,35,36)(H,29,30,31,32)/t20-/m1/s1. The molecule has 11 nitrogen and oxygen atoms in total. The van der Waals surface area contributed by atoms with E-state index >= 15 is 0 Å². The van der Waals surface area contributed by atoms with Crippen LogP contribution in [-0.2, 0) is 4.79 Å². The number of hydrogen-bond donors (Lipinski definition) is 2. The summed E-state index contributed by atoms with van der Waals surface area (Å²) in [4.78, 5) is 33.6. The molecule has 4 heterocycles. The minimum Gasteiger partial charge on any atom is -0.490 e. The lowest BCUT2D eigenvalue weighted by molar-refractivity contribution is -0.142. The summed E-state index contributed by atoms with van der Waals surface area (Å²) >= 11 is 0. The molecule has 1 aromatic carbocycles. The van der Waals surface area contributed by atoms with Gasteiger partial charge in [0.05, 0.1) is 31.5 Å². The number of benzene rings is 1. The number of hydrogen-bond acceptors (Lipinski definition) is 10. The third-order valence-corrected chi connectivity index (χ3v) is 6.82. The molecule has 0 saturated carbocycles. The van der Waals surface area contributed by atoms with Gasteiger partial charge in [-0.25, -0.2) is 9.97 Å². The molecule has 0 amide bonds. The lowest BCUT2D eigenvalue weighted by atomic mass is 9.97. The molecule has 0 spiro atoms. The Labute approximate surface area is 221 Å². The number of rotatable bonds is 9. The number of anilines is 4. The maximum absolute atomic E-state index is 11.3. The van der Waals surface area contributed by atoms with E-state index in [1.54, 1.807) is 18.6 Å². The molecule has 2 aliphatic heterocycles. The first-order valence-corrected chi connectivity index (χ1v) is 13.1. The van der Waals surface area contributed by atoms with Gasteiger partial charge in [-0.1, -0.05) is 12.1 Å². The van der Waals surface area contributed by atoms with E-state index in [2.05, 4.69) is 30.1 Å². The average Bonchev–Trinajstić information content (AvgIpc) is 2.95. The van der Waals surface area contributed by atoms with Gasteiger partial charge in [-0.05, 0) is 50.8 Å². The monoisotopic (exact) mass is 519 g/mol. The molecule has 2 fully saturated rings. The second kappa shape index (κ2) is 11.9. The highest BCUT2D eigenvalue weighted by atomic mass is 16.5. The first-order valence-electron chi connectivity index (χ1n) is 13.1. The first-order chi connectivity index (χ1) is 18.6. The Kier molecular flexibility index (Phi) is 8.01. The lowest BCUT2D eigenvalue weighted by Crippen LogP contribution is -2.41. The minimum absolute atomic E-state index is 0.00838. The Hall–Kier alpha value is -4.15. The fraction of sp³-hybridized carbons (Fsp3) is 0.444. The fourth-order valence-electron chi connectivity index (χ4n) is 4.87. The number of carbonyl (C=O) groups is 1. The Balaban J connectivity index is 1.23. The van der Waals surface area contributed by atoms with Gasteiger partial charge in [0.25, 0.3) is 0 Å². The molecule has 3 aromatic rings. The summed E-state index contributed by atoms with van der Waals surface area (Å²) in [6.07, 6.45) is 8.24. The summed E-state index contributed by atoms with van der Waals surface area (Å²) in [6, 6.07) is 9.60. The van der Waals surface area contributed by atoms with Gasteiger partial charge in [0, 0.05) is 25.8 Å². The highest BCUT2D eigenvalue weighted by Crippen LogP contribution is 2.30. The van der Waals surface area contributed by atoms with E-state index in [4.69, 9.17) is 14.5 Å². The van der Waals surface area contributed by atoms with Gasteiger partial charge < -0.3 is 29.7 Å². The van der Waals surface area contributed by atoms with Crippen LogP contribution in [0.2, 0.25) is 0 Å². The van der Waals surface area contributed by atoms with E-state index in [9.17, 15) is 9.90 Å². The summed E-state index contributed by atoms with van der Waals surface area (Å²) in [5, 5.41) is 12.4. The number of nitrogens with zero attached hydrogens (tertiary/aromatic N) is 6. The lowest BCUT2D eigenvalue weighted by Gasteiger charge is -2.33. The molecular formula is C27H33N7O4. The first kappa shape index (κ1) is 25.5. The van der Waals surface area contributed by atoms with Crippen LogP contribution in [0.5, 0.6) is 11.5 Å². The second-order valence-electron chi connectivity index (χ2n) is 9.43. The van der Waals surface area contributed by atoms with Gasteiger partial charge in [-0.2, -0.15) is 4.98 Å². The molecule has 2 N–H and O–H groups in total. The Bertz CT molecular complexity index is 1240. The fourth-order valence-corrected chi connectivity index (χ4v) is 4.87. The zero-order valence-electron chi connectivity index (χ0n) is 21.5. The van der Waals surface area contributed by atoms with Crippen LogP contribution >= 0.6 is 0 Å². The molecule has 200 valence electrons. The molecule has 0 unspecified atom stereocenters. The third-order valence-electron chi connectivity index (χ3n) is 6.82. The van der Waals surface area contributed by atoms with Gasteiger partial charge in [0.2, 0.25) is 5.95 Å². The number of carboxylic acid groups (broad SMARTS) is 1. The summed E-state index contributed by atoms with van der Waals surface area (Å²) in [7, 11) is 0. The van der Waals surface area contributed by atoms with Crippen molar-refractivity contribution in [1.29, 1.82) is 0 Å². The van der Waals surface area contributed by atoms with Crippen molar-refractivity contribution in [3.05, 3.63) is 48.9 Å². The maximum atomic E-state index is 11.3. The molecule has 5 rings (SSSR count). The van der Waals surface area contributed by atoms with Crippen molar-refractivity contribution in [3.63, 3.8) is 0 Å². The summed E-state index contributed by atoms with van der Waals surface area (Å²) in [5.74, 6) is 2.99. The topological polar surface area (TPSA) is 126 Å². The van der Waals surface area contributed by atoms with Gasteiger partial charge in [0.15, 0.2) is 17.3 Å². The van der Waals surface area contributed by atoms with Gasteiger partial charge in [0.1, 0.15) is 17.7 Å². The van der Waals surface area contributed by atoms with E-state index in [1.807, 2.05) is 37.3 Å². The van der Waals surface area contributed by atoms with Crippen LogP contribution < -0.4 is 24.6 Å². The maximum Gasteiger partial charge on any atom is 0.306 e. The van der Waals surface area contributed by atoms with E-state index < -0.39 is 5.97 Å². The molecule has 2 aliphatic rings. The van der Waals surface area contributed by atoms with Crippen LogP contribution in [0.15, 0.2) is 48.9 Å². The van der Waals surface area contributed by atoms with Crippen LogP contribution in [0.25, 0.3) is 0 Å². The molecule has 2 aromatic heterocycles. The molecule has 1 atom stereocenters. The predicted octanol–water partition coefficient (Wildman–Crippen LogP) is 3.76. The van der Waals surface area contributed by atoms with E-state index in [0.717, 1.165) is 42.5 Å². The molecule has 0 bridgehead atoms. The van der Waals surface area contributed by atoms with Crippen molar-refractivity contribution in [2.75, 3.05) is 47.9 Å². The molecule has 38 heavy (non-hydrogen) atoms. The third kappa shape index (κ3) is 6.21. The molecule has 2 saturated heterocycles. The van der Waals surface area contributed by atoms with Crippen molar-refractivity contribution in [3.8, 4) is 11.5 Å². The Morgan fingerprint density at radius 2 is 1.84 bits per heavy atom. The molecule has 11 heteroatoms. The average molecular weight is 520 g/mol. The number of nitrogens with one attached hydrogen (secondary N) is 1. The van der Waals surface area contributed by atoms with Crippen LogP contribution in [0.3, 0.4) is 0 Å². The van der Waals surface area contributed by atoms with Crippen LogP contribution in [-0.4, -0.2) is 69.9 Å². The van der Waals surface area contributed by atoms with Crippen molar-refractivity contribution < 1.29 is 19.4 Å². The van der Waals surface area contributed by atoms with Crippen molar-refractivity contribution in [2.45, 2.75) is 38.7 Å². The Morgan fingerprint density at radius 1 is 1.03 bits per heavy atom. The highest BCUT2D eigenvalue weighted by Gasteiger charge is 2.26. The predicted molar refractivity (Wildman–Crippen MR) is 143 cm³/mol. The van der Waals surface area contributed by atoms with Crippen LogP contribution in [0.4, 0.5) is 23.4 Å². The van der Waals surface area contributed by atoms with Gasteiger partial charge in [-0.15, -0.1) is 0 Å². The minimum atomic E-state index is -0.727. The van der Waals surface area contributed by atoms with Gasteiger partial charge >= 0.3 is 5.97 Å². The number of carboxylic acids is 1. The van der Waals surface area contributed by atoms with Gasteiger partial charge in [-0.3, -0.25) is 9.78 Å². The number of aliphatic carboxylic acids is 1. The van der Waals surface area contributed by atoms with Crippen LogP contribution in [0.1, 0.15) is 32.6 Å². The zero-order chi connectivity index (χ0) is 26.3. The smallest absolute Gasteiger partial charge is 0.306 e. The Morgan fingerprint density at radius 3 is 2.63 bits per heavy atom. The highest BCUT2D eigenvalue weighted by molar-refractivity contribution is 5.70. The van der Waals surface area contributed by atoms with E-state index in [1.165, 1.54) is 0 Å². The molecular weight excluding hydrogens is 486 g/mol. The number of para-hydroxylation sites is 2. The SMILES string of the molecule is CCOc1ccccc1O[C@@H]1CCCN(c2cncc(Nc3nccc(N4CCC(C(=O)O)CC4)n3)n2)C1.